The predicted molar refractivity (Wildman–Crippen MR) is 104 cm³/mol. The maximum absolute atomic E-state index is 12.6. The Balaban J connectivity index is 1.38. The fourth-order valence-corrected chi connectivity index (χ4v) is 4.44. The third-order valence-corrected chi connectivity index (χ3v) is 5.57. The van der Waals surface area contributed by atoms with Crippen molar-refractivity contribution in [3.8, 4) is 0 Å². The van der Waals surface area contributed by atoms with E-state index < -0.39 is 0 Å². The van der Waals surface area contributed by atoms with Crippen molar-refractivity contribution in [3.63, 3.8) is 0 Å². The van der Waals surface area contributed by atoms with Crippen molar-refractivity contribution < 1.29 is 9.53 Å². The average Bonchev–Trinajstić information content (AvgIpc) is 2.98. The standard InChI is InChI=1S/C21H29N3O2/c1-14-12-24(13-15(2)26-14)10-9-22-21(25)16-7-8-20-18(11-16)17-5-3-4-6-19(17)23-20/h7-8,11,14-15,23H,3-6,9-10,12-13H2,1-2H3,(H,22,25). The molecular weight excluding hydrogens is 326 g/mol. The van der Waals surface area contributed by atoms with Gasteiger partial charge in [0, 0.05) is 48.3 Å². The van der Waals surface area contributed by atoms with Crippen molar-refractivity contribution in [2.24, 2.45) is 0 Å². The number of carbonyl (C=O) groups is 1. The van der Waals surface area contributed by atoms with Crippen LogP contribution in [0.5, 0.6) is 0 Å². The summed E-state index contributed by atoms with van der Waals surface area (Å²) in [5, 5.41) is 4.31. The van der Waals surface area contributed by atoms with Gasteiger partial charge in [0.05, 0.1) is 12.2 Å². The summed E-state index contributed by atoms with van der Waals surface area (Å²) in [6.07, 6.45) is 5.27. The highest BCUT2D eigenvalue weighted by atomic mass is 16.5. The number of H-pyrrole nitrogens is 1. The van der Waals surface area contributed by atoms with Crippen LogP contribution in [0.2, 0.25) is 0 Å². The van der Waals surface area contributed by atoms with E-state index in [1.165, 1.54) is 29.5 Å². The zero-order valence-electron chi connectivity index (χ0n) is 15.8. The van der Waals surface area contributed by atoms with E-state index in [1.54, 1.807) is 0 Å². The molecule has 2 aliphatic rings. The normalized spacial score (nSPS) is 23.8. The number of carbonyl (C=O) groups excluding carboxylic acids is 1. The van der Waals surface area contributed by atoms with E-state index in [0.717, 1.165) is 43.6 Å². The van der Waals surface area contributed by atoms with Gasteiger partial charge in [0.2, 0.25) is 0 Å². The van der Waals surface area contributed by atoms with Gasteiger partial charge in [-0.05, 0) is 63.3 Å². The van der Waals surface area contributed by atoms with Gasteiger partial charge in [-0.3, -0.25) is 9.69 Å². The van der Waals surface area contributed by atoms with Crippen LogP contribution in [0.1, 0.15) is 48.3 Å². The van der Waals surface area contributed by atoms with Gasteiger partial charge < -0.3 is 15.0 Å². The first-order chi connectivity index (χ1) is 12.6. The second kappa shape index (κ2) is 7.41. The van der Waals surface area contributed by atoms with Crippen LogP contribution in [0.25, 0.3) is 10.9 Å². The first kappa shape index (κ1) is 17.6. The van der Waals surface area contributed by atoms with Gasteiger partial charge in [0.25, 0.3) is 5.91 Å². The number of aromatic amines is 1. The summed E-state index contributed by atoms with van der Waals surface area (Å²) in [7, 11) is 0. The third-order valence-electron chi connectivity index (χ3n) is 5.57. The lowest BCUT2D eigenvalue weighted by Crippen LogP contribution is -2.47. The molecule has 26 heavy (non-hydrogen) atoms. The molecular formula is C21H29N3O2. The van der Waals surface area contributed by atoms with E-state index in [0.29, 0.717) is 6.54 Å². The van der Waals surface area contributed by atoms with Crippen LogP contribution in [-0.2, 0) is 17.6 Å². The number of hydrogen-bond acceptors (Lipinski definition) is 3. The minimum Gasteiger partial charge on any atom is -0.373 e. The van der Waals surface area contributed by atoms with E-state index in [4.69, 9.17) is 4.74 Å². The smallest absolute Gasteiger partial charge is 0.251 e. The molecule has 1 aliphatic carbocycles. The lowest BCUT2D eigenvalue weighted by molar-refractivity contribution is -0.0672. The van der Waals surface area contributed by atoms with Gasteiger partial charge >= 0.3 is 0 Å². The summed E-state index contributed by atoms with van der Waals surface area (Å²) in [4.78, 5) is 18.5. The highest BCUT2D eigenvalue weighted by Gasteiger charge is 2.22. The monoisotopic (exact) mass is 355 g/mol. The molecule has 2 aromatic rings. The summed E-state index contributed by atoms with van der Waals surface area (Å²) >= 11 is 0. The number of benzene rings is 1. The van der Waals surface area contributed by atoms with Crippen LogP contribution in [0.4, 0.5) is 0 Å². The number of hydrogen-bond donors (Lipinski definition) is 2. The van der Waals surface area contributed by atoms with Gasteiger partial charge in [0.1, 0.15) is 0 Å². The Bertz CT molecular complexity index is 788. The second-order valence-corrected chi connectivity index (χ2v) is 7.82. The summed E-state index contributed by atoms with van der Waals surface area (Å²) < 4.78 is 5.76. The quantitative estimate of drug-likeness (QED) is 0.887. The molecule has 140 valence electrons. The van der Waals surface area contributed by atoms with E-state index in [9.17, 15) is 4.79 Å². The lowest BCUT2D eigenvalue weighted by Gasteiger charge is -2.35. The molecule has 2 unspecified atom stereocenters. The Labute approximate surface area is 155 Å². The molecule has 4 rings (SSSR count). The average molecular weight is 355 g/mol. The van der Waals surface area contributed by atoms with Gasteiger partial charge in [-0.2, -0.15) is 0 Å². The van der Waals surface area contributed by atoms with Gasteiger partial charge in [-0.25, -0.2) is 0 Å². The Morgan fingerprint density at radius 3 is 2.81 bits per heavy atom. The van der Waals surface area contributed by atoms with E-state index >= 15 is 0 Å². The van der Waals surface area contributed by atoms with Crippen molar-refractivity contribution in [2.75, 3.05) is 26.2 Å². The highest BCUT2D eigenvalue weighted by Crippen LogP contribution is 2.29. The van der Waals surface area contributed by atoms with Crippen molar-refractivity contribution in [1.82, 2.24) is 15.2 Å². The third kappa shape index (κ3) is 3.64. The molecule has 0 radical (unpaired) electrons. The van der Waals surface area contributed by atoms with Crippen molar-refractivity contribution in [3.05, 3.63) is 35.0 Å². The molecule has 1 aromatic carbocycles. The number of aryl methyl sites for hydroxylation is 2. The zero-order chi connectivity index (χ0) is 18.1. The Morgan fingerprint density at radius 1 is 1.23 bits per heavy atom. The molecule has 5 heteroatoms. The predicted octanol–water partition coefficient (Wildman–Crippen LogP) is 2.89. The number of fused-ring (bicyclic) bond motifs is 3. The topological polar surface area (TPSA) is 57.4 Å². The van der Waals surface area contributed by atoms with E-state index in [-0.39, 0.29) is 18.1 Å². The minimum absolute atomic E-state index is 0.0204. The van der Waals surface area contributed by atoms with Crippen LogP contribution in [0.15, 0.2) is 18.2 Å². The van der Waals surface area contributed by atoms with Gasteiger partial charge in [0.15, 0.2) is 0 Å². The van der Waals surface area contributed by atoms with Gasteiger partial charge in [-0.1, -0.05) is 0 Å². The van der Waals surface area contributed by atoms with Crippen molar-refractivity contribution in [1.29, 1.82) is 0 Å². The lowest BCUT2D eigenvalue weighted by atomic mass is 9.95. The number of morpholine rings is 1. The Hall–Kier alpha value is -1.85. The molecule has 1 saturated heterocycles. The fraction of sp³-hybridized carbons (Fsp3) is 0.571. The fourth-order valence-electron chi connectivity index (χ4n) is 4.44. The molecule has 2 atom stereocenters. The van der Waals surface area contributed by atoms with Crippen LogP contribution in [0, 0.1) is 0 Å². The Morgan fingerprint density at radius 2 is 2.00 bits per heavy atom. The number of ether oxygens (including phenoxy) is 1. The molecule has 1 fully saturated rings. The molecule has 0 saturated carbocycles. The summed E-state index contributed by atoms with van der Waals surface area (Å²) in [5.74, 6) is 0.0204. The maximum Gasteiger partial charge on any atom is 0.251 e. The van der Waals surface area contributed by atoms with Crippen LogP contribution in [0.3, 0.4) is 0 Å². The minimum atomic E-state index is 0.0204. The summed E-state index contributed by atoms with van der Waals surface area (Å²) in [6, 6.07) is 6.04. The van der Waals surface area contributed by atoms with Gasteiger partial charge in [-0.15, -0.1) is 0 Å². The van der Waals surface area contributed by atoms with E-state index in [2.05, 4.69) is 35.1 Å². The maximum atomic E-state index is 12.6. The SMILES string of the molecule is CC1CN(CCNC(=O)c2ccc3[nH]c4c(c3c2)CCCC4)CC(C)O1. The molecule has 1 amide bonds. The Kier molecular flexibility index (Phi) is 5.00. The number of nitrogens with one attached hydrogen (secondary N) is 2. The van der Waals surface area contributed by atoms with Crippen LogP contribution < -0.4 is 5.32 Å². The zero-order valence-corrected chi connectivity index (χ0v) is 15.8. The molecule has 2 heterocycles. The van der Waals surface area contributed by atoms with Crippen molar-refractivity contribution in [2.45, 2.75) is 51.7 Å². The van der Waals surface area contributed by atoms with Crippen molar-refractivity contribution >= 4 is 16.8 Å². The largest absolute Gasteiger partial charge is 0.373 e. The first-order valence-electron chi connectivity index (χ1n) is 9.89. The molecule has 1 aromatic heterocycles. The molecule has 1 aliphatic heterocycles. The number of rotatable bonds is 4. The first-order valence-corrected chi connectivity index (χ1v) is 9.89. The highest BCUT2D eigenvalue weighted by molar-refractivity contribution is 5.99. The molecule has 0 spiro atoms. The number of nitrogens with zero attached hydrogens (tertiary/aromatic N) is 1. The van der Waals surface area contributed by atoms with Crippen LogP contribution in [-0.4, -0.2) is 54.2 Å². The summed E-state index contributed by atoms with van der Waals surface area (Å²) in [6.45, 7) is 7.61. The number of amides is 1. The second-order valence-electron chi connectivity index (χ2n) is 7.82. The number of aromatic nitrogens is 1. The molecule has 5 nitrogen and oxygen atoms in total. The molecule has 2 N–H and O–H groups in total. The van der Waals surface area contributed by atoms with E-state index in [1.807, 2.05) is 12.1 Å². The molecule has 0 bridgehead atoms. The summed E-state index contributed by atoms with van der Waals surface area (Å²) in [5.41, 5.74) is 4.69. The van der Waals surface area contributed by atoms with Crippen LogP contribution >= 0.6 is 0 Å².